The van der Waals surface area contributed by atoms with Gasteiger partial charge in [-0.1, -0.05) is 20.8 Å². The molecule has 0 aromatic heterocycles. The molecule has 0 unspecified atom stereocenters. The number of ether oxygens (including phenoxy) is 1. The van der Waals surface area contributed by atoms with Crippen molar-refractivity contribution in [2.75, 3.05) is 6.61 Å². The van der Waals surface area contributed by atoms with Gasteiger partial charge in [-0.3, -0.25) is 14.4 Å². The van der Waals surface area contributed by atoms with Crippen molar-refractivity contribution >= 4 is 17.7 Å². The number of amides is 1. The minimum absolute atomic E-state index is 0.0498. The first kappa shape index (κ1) is 21.8. The lowest BCUT2D eigenvalue weighted by Gasteiger charge is -2.33. The monoisotopic (exact) mass is 365 g/mol. The quantitative estimate of drug-likeness (QED) is 0.564. The topological polar surface area (TPSA) is 72.5 Å². The van der Waals surface area contributed by atoms with E-state index in [4.69, 9.17) is 4.74 Å². The van der Waals surface area contributed by atoms with Crippen LogP contribution in [0.1, 0.15) is 64.2 Å². The third-order valence-corrected chi connectivity index (χ3v) is 3.54. The van der Waals surface area contributed by atoms with Gasteiger partial charge in [-0.25, -0.2) is 4.39 Å². The van der Waals surface area contributed by atoms with Crippen molar-refractivity contribution in [3.8, 4) is 0 Å². The standard InChI is InChI=1S/C20H28FNO4/c1-19(2,3)13-20(4,5)22-17(24)12-26-18(25)11-10-16(23)14-6-8-15(21)9-7-14/h6-9H,10-13H2,1-5H3,(H,22,24). The molecule has 0 saturated carbocycles. The van der Waals surface area contributed by atoms with Crippen LogP contribution in [0.15, 0.2) is 24.3 Å². The number of ketones is 1. The van der Waals surface area contributed by atoms with Crippen molar-refractivity contribution in [1.82, 2.24) is 5.32 Å². The van der Waals surface area contributed by atoms with Crippen LogP contribution >= 0.6 is 0 Å². The van der Waals surface area contributed by atoms with Crippen molar-refractivity contribution < 1.29 is 23.5 Å². The second-order valence-corrected chi connectivity index (χ2v) is 8.26. The Hall–Kier alpha value is -2.24. The fraction of sp³-hybridized carbons (Fsp3) is 0.550. The summed E-state index contributed by atoms with van der Waals surface area (Å²) in [5.41, 5.74) is -0.0325. The third kappa shape index (κ3) is 8.74. The average molecular weight is 365 g/mol. The van der Waals surface area contributed by atoms with Crippen molar-refractivity contribution in [3.05, 3.63) is 35.6 Å². The molecule has 0 spiro atoms. The molecule has 1 aromatic rings. The van der Waals surface area contributed by atoms with E-state index in [1.807, 2.05) is 13.8 Å². The molecule has 0 fully saturated rings. The second-order valence-electron chi connectivity index (χ2n) is 8.26. The molecule has 0 heterocycles. The van der Waals surface area contributed by atoms with Crippen molar-refractivity contribution in [2.45, 2.75) is 59.4 Å². The van der Waals surface area contributed by atoms with Gasteiger partial charge in [0.25, 0.3) is 5.91 Å². The molecule has 0 radical (unpaired) electrons. The molecule has 5 nitrogen and oxygen atoms in total. The highest BCUT2D eigenvalue weighted by Gasteiger charge is 2.27. The first-order valence-corrected chi connectivity index (χ1v) is 8.63. The van der Waals surface area contributed by atoms with Gasteiger partial charge in [-0.2, -0.15) is 0 Å². The lowest BCUT2D eigenvalue weighted by Crippen LogP contribution is -2.47. The highest BCUT2D eigenvalue weighted by Crippen LogP contribution is 2.26. The van der Waals surface area contributed by atoms with E-state index in [1.54, 1.807) is 0 Å². The van der Waals surface area contributed by atoms with Gasteiger partial charge in [0.1, 0.15) is 5.82 Å². The number of hydrogen-bond acceptors (Lipinski definition) is 4. The smallest absolute Gasteiger partial charge is 0.306 e. The Morgan fingerprint density at radius 2 is 1.58 bits per heavy atom. The van der Waals surface area contributed by atoms with Crippen LogP contribution in [0.4, 0.5) is 4.39 Å². The molecular weight excluding hydrogens is 337 g/mol. The molecule has 0 saturated heterocycles. The maximum Gasteiger partial charge on any atom is 0.306 e. The van der Waals surface area contributed by atoms with E-state index >= 15 is 0 Å². The summed E-state index contributed by atoms with van der Waals surface area (Å²) in [5.74, 6) is -1.71. The SMILES string of the molecule is CC(C)(C)CC(C)(C)NC(=O)COC(=O)CCC(=O)c1ccc(F)cc1. The summed E-state index contributed by atoms with van der Waals surface area (Å²) in [5, 5.41) is 2.85. The van der Waals surface area contributed by atoms with E-state index in [2.05, 4.69) is 26.1 Å². The molecule has 6 heteroatoms. The Balaban J connectivity index is 2.36. The van der Waals surface area contributed by atoms with Crippen LogP contribution in [-0.2, 0) is 14.3 Å². The zero-order chi connectivity index (χ0) is 20.0. The summed E-state index contributed by atoms with van der Waals surface area (Å²) in [4.78, 5) is 35.6. The Bertz CT molecular complexity index is 645. The Kier molecular flexibility index (Phi) is 7.48. The number of benzene rings is 1. The van der Waals surface area contributed by atoms with Crippen molar-refractivity contribution in [2.24, 2.45) is 5.41 Å². The fourth-order valence-corrected chi connectivity index (χ4v) is 3.00. The number of esters is 1. The number of carbonyl (C=O) groups is 3. The number of nitrogens with one attached hydrogen (secondary N) is 1. The highest BCUT2D eigenvalue weighted by molar-refractivity contribution is 5.97. The summed E-state index contributed by atoms with van der Waals surface area (Å²) in [6.45, 7) is 9.70. The molecule has 1 rings (SSSR count). The molecule has 26 heavy (non-hydrogen) atoms. The van der Waals surface area contributed by atoms with E-state index in [0.29, 0.717) is 5.56 Å². The predicted octanol–water partition coefficient (Wildman–Crippen LogP) is 3.66. The maximum atomic E-state index is 12.8. The van der Waals surface area contributed by atoms with Gasteiger partial charge in [0.2, 0.25) is 0 Å². The molecule has 1 N–H and O–H groups in total. The molecular formula is C20H28FNO4. The van der Waals surface area contributed by atoms with E-state index in [0.717, 1.165) is 6.42 Å². The van der Waals surface area contributed by atoms with E-state index in [9.17, 15) is 18.8 Å². The lowest BCUT2D eigenvalue weighted by atomic mass is 9.82. The van der Waals surface area contributed by atoms with Gasteiger partial charge in [-0.05, 0) is 49.9 Å². The maximum absolute atomic E-state index is 12.8. The predicted molar refractivity (Wildman–Crippen MR) is 97.2 cm³/mol. The first-order valence-electron chi connectivity index (χ1n) is 8.63. The molecule has 0 aliphatic carbocycles. The molecule has 0 atom stereocenters. The normalized spacial score (nSPS) is 11.8. The largest absolute Gasteiger partial charge is 0.456 e. The van der Waals surface area contributed by atoms with Gasteiger partial charge in [0.15, 0.2) is 12.4 Å². The van der Waals surface area contributed by atoms with E-state index < -0.39 is 17.3 Å². The van der Waals surface area contributed by atoms with Crippen LogP contribution in [0, 0.1) is 11.2 Å². The van der Waals surface area contributed by atoms with Crippen LogP contribution < -0.4 is 5.32 Å². The highest BCUT2D eigenvalue weighted by atomic mass is 19.1. The van der Waals surface area contributed by atoms with Crippen molar-refractivity contribution in [3.63, 3.8) is 0 Å². The Morgan fingerprint density at radius 3 is 2.12 bits per heavy atom. The summed E-state index contributed by atoms with van der Waals surface area (Å²) in [6.07, 6.45) is 0.586. The van der Waals surface area contributed by atoms with Crippen LogP contribution in [0.2, 0.25) is 0 Å². The van der Waals surface area contributed by atoms with Crippen LogP contribution in [-0.4, -0.2) is 29.8 Å². The fourth-order valence-electron chi connectivity index (χ4n) is 3.00. The zero-order valence-electron chi connectivity index (χ0n) is 16.1. The second kappa shape index (κ2) is 8.92. The van der Waals surface area contributed by atoms with E-state index in [-0.39, 0.29) is 36.6 Å². The van der Waals surface area contributed by atoms with Crippen LogP contribution in [0.5, 0.6) is 0 Å². The van der Waals surface area contributed by atoms with Gasteiger partial charge in [0, 0.05) is 17.5 Å². The average Bonchev–Trinajstić information content (AvgIpc) is 2.48. The number of halogens is 1. The van der Waals surface area contributed by atoms with Gasteiger partial charge in [0.05, 0.1) is 6.42 Å². The molecule has 0 bridgehead atoms. The van der Waals surface area contributed by atoms with Crippen LogP contribution in [0.25, 0.3) is 0 Å². The zero-order valence-corrected chi connectivity index (χ0v) is 16.1. The number of rotatable bonds is 8. The lowest BCUT2D eigenvalue weighted by molar-refractivity contribution is -0.149. The molecule has 144 valence electrons. The van der Waals surface area contributed by atoms with Gasteiger partial charge < -0.3 is 10.1 Å². The minimum Gasteiger partial charge on any atom is -0.456 e. The summed E-state index contributed by atoms with van der Waals surface area (Å²) in [6, 6.07) is 5.12. The summed E-state index contributed by atoms with van der Waals surface area (Å²) in [7, 11) is 0. The minimum atomic E-state index is -0.621. The number of Topliss-reactive ketones (excluding diaryl/α,β-unsaturated/α-hetero) is 1. The molecule has 0 aliphatic rings. The first-order chi connectivity index (χ1) is 11.9. The van der Waals surface area contributed by atoms with Gasteiger partial charge in [-0.15, -0.1) is 0 Å². The Labute approximate surface area is 154 Å². The molecule has 1 aromatic carbocycles. The number of hydrogen-bond donors (Lipinski definition) is 1. The third-order valence-electron chi connectivity index (χ3n) is 3.54. The summed E-state index contributed by atoms with van der Waals surface area (Å²) >= 11 is 0. The number of carbonyl (C=O) groups excluding carboxylic acids is 3. The summed E-state index contributed by atoms with van der Waals surface area (Å²) < 4.78 is 17.7. The van der Waals surface area contributed by atoms with Gasteiger partial charge >= 0.3 is 5.97 Å². The molecule has 1 amide bonds. The van der Waals surface area contributed by atoms with Crippen molar-refractivity contribution in [1.29, 1.82) is 0 Å². The molecule has 0 aliphatic heterocycles. The Morgan fingerprint density at radius 1 is 1.00 bits per heavy atom. The van der Waals surface area contributed by atoms with E-state index in [1.165, 1.54) is 24.3 Å². The van der Waals surface area contributed by atoms with Crippen LogP contribution in [0.3, 0.4) is 0 Å².